The zero-order valence-corrected chi connectivity index (χ0v) is 10.6. The van der Waals surface area contributed by atoms with Gasteiger partial charge in [0.2, 0.25) is 0 Å². The molecule has 1 aliphatic heterocycles. The summed E-state index contributed by atoms with van der Waals surface area (Å²) in [7, 11) is 1.63. The van der Waals surface area contributed by atoms with Crippen LogP contribution in [0.15, 0.2) is 30.3 Å². The largest absolute Gasteiger partial charge is 0.328 e. The van der Waals surface area contributed by atoms with Gasteiger partial charge in [-0.05, 0) is 5.56 Å². The summed E-state index contributed by atoms with van der Waals surface area (Å²) in [4.78, 5) is 37.2. The second-order valence-corrected chi connectivity index (χ2v) is 4.33. The first-order valence-electron chi connectivity index (χ1n) is 5.97. The molecule has 1 unspecified atom stereocenters. The lowest BCUT2D eigenvalue weighted by molar-refractivity contribution is -0.109. The van der Waals surface area contributed by atoms with E-state index in [9.17, 15) is 14.4 Å². The maximum atomic E-state index is 12.0. The van der Waals surface area contributed by atoms with Crippen LogP contribution in [0, 0.1) is 0 Å². The van der Waals surface area contributed by atoms with E-state index in [1.54, 1.807) is 31.3 Å². The van der Waals surface area contributed by atoms with Gasteiger partial charge in [0.05, 0.1) is 0 Å². The van der Waals surface area contributed by atoms with Crippen molar-refractivity contribution in [1.82, 2.24) is 15.1 Å². The number of carbonyl (C=O) groups excluding carboxylic acids is 3. The molecule has 19 heavy (non-hydrogen) atoms. The number of rotatable bonds is 3. The van der Waals surface area contributed by atoms with Crippen LogP contribution in [0.1, 0.15) is 11.6 Å². The van der Waals surface area contributed by atoms with Crippen molar-refractivity contribution >= 4 is 18.3 Å². The van der Waals surface area contributed by atoms with Crippen LogP contribution in [0.3, 0.4) is 0 Å². The molecular weight excluding hydrogens is 246 g/mol. The number of aldehydes is 1. The highest BCUT2D eigenvalue weighted by molar-refractivity contribution is 5.95. The van der Waals surface area contributed by atoms with Crippen LogP contribution >= 0.6 is 0 Å². The fourth-order valence-electron chi connectivity index (χ4n) is 1.90. The standard InChI is InChI=1S/C13H15N3O3/c1-15-7-8-16(13(15)19)12(18)14-11(9-17)10-5-3-2-4-6-10/h2-6,9,11H,7-8H2,1H3,(H,14,18). The molecular formula is C13H15N3O3. The molecule has 6 heteroatoms. The van der Waals surface area contributed by atoms with E-state index in [-0.39, 0.29) is 6.03 Å². The molecule has 1 atom stereocenters. The van der Waals surface area contributed by atoms with Crippen molar-refractivity contribution in [2.75, 3.05) is 20.1 Å². The molecule has 1 N–H and O–H groups in total. The van der Waals surface area contributed by atoms with Crippen LogP contribution in [0.2, 0.25) is 0 Å². The van der Waals surface area contributed by atoms with E-state index in [0.717, 1.165) is 4.90 Å². The molecule has 1 fully saturated rings. The van der Waals surface area contributed by atoms with Crippen molar-refractivity contribution in [2.45, 2.75) is 6.04 Å². The van der Waals surface area contributed by atoms with Crippen molar-refractivity contribution < 1.29 is 14.4 Å². The summed E-state index contributed by atoms with van der Waals surface area (Å²) in [5, 5.41) is 2.55. The number of hydrogen-bond acceptors (Lipinski definition) is 3. The SMILES string of the molecule is CN1CCN(C(=O)NC(C=O)c2ccccc2)C1=O. The van der Waals surface area contributed by atoms with Crippen LogP contribution in [0.25, 0.3) is 0 Å². The first kappa shape index (κ1) is 13.1. The fraction of sp³-hybridized carbons (Fsp3) is 0.308. The summed E-state index contributed by atoms with van der Waals surface area (Å²) in [6, 6.07) is 7.25. The number of hydrogen-bond donors (Lipinski definition) is 1. The van der Waals surface area contributed by atoms with E-state index in [4.69, 9.17) is 0 Å². The maximum absolute atomic E-state index is 12.0. The van der Waals surface area contributed by atoms with Gasteiger partial charge in [-0.3, -0.25) is 0 Å². The Hall–Kier alpha value is -2.37. The maximum Gasteiger partial charge on any atom is 0.328 e. The van der Waals surface area contributed by atoms with Crippen LogP contribution in [0.5, 0.6) is 0 Å². The highest BCUT2D eigenvalue weighted by atomic mass is 16.2. The number of urea groups is 2. The molecule has 1 aromatic rings. The van der Waals surface area contributed by atoms with Gasteiger partial charge >= 0.3 is 12.1 Å². The smallest absolute Gasteiger partial charge is 0.326 e. The monoisotopic (exact) mass is 261 g/mol. The fourth-order valence-corrected chi connectivity index (χ4v) is 1.90. The second kappa shape index (κ2) is 5.51. The third-order valence-corrected chi connectivity index (χ3v) is 3.04. The van der Waals surface area contributed by atoms with Crippen molar-refractivity contribution in [3.63, 3.8) is 0 Å². The van der Waals surface area contributed by atoms with Gasteiger partial charge < -0.3 is 15.0 Å². The highest BCUT2D eigenvalue weighted by Gasteiger charge is 2.31. The van der Waals surface area contributed by atoms with Gasteiger partial charge in [-0.1, -0.05) is 30.3 Å². The van der Waals surface area contributed by atoms with Crippen LogP contribution in [-0.4, -0.2) is 48.3 Å². The molecule has 0 aromatic heterocycles. The Kier molecular flexibility index (Phi) is 3.79. The minimum atomic E-state index is -0.743. The molecule has 0 saturated carbocycles. The highest BCUT2D eigenvalue weighted by Crippen LogP contribution is 2.12. The summed E-state index contributed by atoms with van der Waals surface area (Å²) in [6.45, 7) is 0.838. The Morgan fingerprint density at radius 3 is 2.53 bits per heavy atom. The Labute approximate surface area is 111 Å². The third kappa shape index (κ3) is 2.73. The molecule has 1 heterocycles. The van der Waals surface area contributed by atoms with E-state index in [1.807, 2.05) is 6.07 Å². The first-order chi connectivity index (χ1) is 9.13. The predicted molar refractivity (Wildman–Crippen MR) is 68.5 cm³/mol. The van der Waals surface area contributed by atoms with Gasteiger partial charge in [0.15, 0.2) is 0 Å². The summed E-state index contributed by atoms with van der Waals surface area (Å²) < 4.78 is 0. The normalized spacial score (nSPS) is 16.4. The summed E-state index contributed by atoms with van der Waals surface area (Å²) >= 11 is 0. The topological polar surface area (TPSA) is 69.7 Å². The Bertz CT molecular complexity index is 489. The van der Waals surface area contributed by atoms with Crippen molar-refractivity contribution in [2.24, 2.45) is 0 Å². The molecule has 2 rings (SSSR count). The Morgan fingerprint density at radius 2 is 2.00 bits per heavy atom. The molecule has 0 aliphatic carbocycles. The van der Waals surface area contributed by atoms with Crippen LogP contribution in [0.4, 0.5) is 9.59 Å². The van der Waals surface area contributed by atoms with Crippen LogP contribution in [-0.2, 0) is 4.79 Å². The molecule has 6 nitrogen and oxygen atoms in total. The van der Waals surface area contributed by atoms with Crippen molar-refractivity contribution in [3.05, 3.63) is 35.9 Å². The summed E-state index contributed by atoms with van der Waals surface area (Å²) in [6.07, 6.45) is 0.650. The number of nitrogens with one attached hydrogen (secondary N) is 1. The molecule has 100 valence electrons. The van der Waals surface area contributed by atoms with E-state index in [2.05, 4.69) is 5.32 Å². The van der Waals surface area contributed by atoms with Gasteiger partial charge in [0.25, 0.3) is 0 Å². The zero-order chi connectivity index (χ0) is 13.8. The van der Waals surface area contributed by atoms with Gasteiger partial charge in [-0.25, -0.2) is 14.5 Å². The lowest BCUT2D eigenvalue weighted by Crippen LogP contribution is -2.43. The molecule has 1 aliphatic rings. The van der Waals surface area contributed by atoms with Gasteiger partial charge in [0, 0.05) is 20.1 Å². The van der Waals surface area contributed by atoms with Crippen LogP contribution < -0.4 is 5.32 Å². The van der Waals surface area contributed by atoms with E-state index in [1.165, 1.54) is 4.90 Å². The molecule has 1 saturated heterocycles. The molecule has 0 spiro atoms. The summed E-state index contributed by atoms with van der Waals surface area (Å²) in [5.74, 6) is 0. The molecule has 0 bridgehead atoms. The van der Waals surface area contributed by atoms with Gasteiger partial charge in [0.1, 0.15) is 12.3 Å². The molecule has 1 aromatic carbocycles. The average Bonchev–Trinajstić information content (AvgIpc) is 2.77. The number of likely N-dealkylation sites (N-methyl/N-ethyl adjacent to an activating group) is 1. The van der Waals surface area contributed by atoms with Gasteiger partial charge in [-0.15, -0.1) is 0 Å². The number of benzene rings is 1. The number of carbonyl (C=O) groups is 3. The third-order valence-electron chi connectivity index (χ3n) is 3.04. The Morgan fingerprint density at radius 1 is 1.32 bits per heavy atom. The molecule has 4 amide bonds. The number of amides is 4. The lowest BCUT2D eigenvalue weighted by atomic mass is 10.1. The molecule has 0 radical (unpaired) electrons. The van der Waals surface area contributed by atoms with Crippen molar-refractivity contribution in [3.8, 4) is 0 Å². The zero-order valence-electron chi connectivity index (χ0n) is 10.6. The average molecular weight is 261 g/mol. The first-order valence-corrected chi connectivity index (χ1v) is 5.97. The van der Waals surface area contributed by atoms with E-state index < -0.39 is 12.1 Å². The predicted octanol–water partition coefficient (Wildman–Crippen LogP) is 1.00. The van der Waals surface area contributed by atoms with Gasteiger partial charge in [-0.2, -0.15) is 0 Å². The lowest BCUT2D eigenvalue weighted by Gasteiger charge is -2.18. The van der Waals surface area contributed by atoms with Crippen molar-refractivity contribution in [1.29, 1.82) is 0 Å². The minimum Gasteiger partial charge on any atom is -0.326 e. The van der Waals surface area contributed by atoms with E-state index >= 15 is 0 Å². The second-order valence-electron chi connectivity index (χ2n) is 4.33. The summed E-state index contributed by atoms with van der Waals surface area (Å²) in [5.41, 5.74) is 0.686. The van der Waals surface area contributed by atoms with E-state index in [0.29, 0.717) is 24.9 Å². The number of nitrogens with zero attached hydrogens (tertiary/aromatic N) is 2. The Balaban J connectivity index is 2.05. The minimum absolute atomic E-state index is 0.335. The number of imide groups is 1. The quantitative estimate of drug-likeness (QED) is 0.825.